The highest BCUT2D eigenvalue weighted by Crippen LogP contribution is 2.19. The van der Waals surface area contributed by atoms with Crippen molar-refractivity contribution in [3.05, 3.63) is 41.7 Å². The van der Waals surface area contributed by atoms with E-state index < -0.39 is 0 Å². The van der Waals surface area contributed by atoms with Crippen molar-refractivity contribution in [1.29, 1.82) is 5.26 Å². The second-order valence-corrected chi connectivity index (χ2v) is 3.69. The van der Waals surface area contributed by atoms with E-state index in [0.29, 0.717) is 11.6 Å². The summed E-state index contributed by atoms with van der Waals surface area (Å²) in [7, 11) is 1.61. The van der Waals surface area contributed by atoms with Crippen LogP contribution in [0, 0.1) is 18.3 Å². The van der Waals surface area contributed by atoms with Crippen molar-refractivity contribution in [3.63, 3.8) is 0 Å². The van der Waals surface area contributed by atoms with Gasteiger partial charge in [-0.15, -0.1) is 0 Å². The molecule has 2 rings (SSSR count). The van der Waals surface area contributed by atoms with Crippen LogP contribution in [0.1, 0.15) is 11.4 Å². The molecule has 0 fully saturated rings. The summed E-state index contributed by atoms with van der Waals surface area (Å²) < 4.78 is 5.13. The normalized spacial score (nSPS) is 9.61. The second-order valence-electron chi connectivity index (χ2n) is 3.69. The van der Waals surface area contributed by atoms with Crippen LogP contribution >= 0.6 is 0 Å². The molecule has 0 aliphatic carbocycles. The number of nitriles is 1. The summed E-state index contributed by atoms with van der Waals surface area (Å²) in [6, 6.07) is 11.1. The minimum atomic E-state index is 0.341. The molecule has 0 saturated carbocycles. The molecular formula is C13H12N4O. The molecule has 5 nitrogen and oxygen atoms in total. The molecule has 1 aromatic heterocycles. The van der Waals surface area contributed by atoms with Gasteiger partial charge in [-0.05, 0) is 25.1 Å². The van der Waals surface area contributed by atoms with E-state index in [1.807, 2.05) is 37.3 Å². The van der Waals surface area contributed by atoms with Crippen molar-refractivity contribution >= 4 is 11.6 Å². The van der Waals surface area contributed by atoms with E-state index in [-0.39, 0.29) is 0 Å². The Morgan fingerprint density at radius 1 is 1.28 bits per heavy atom. The van der Waals surface area contributed by atoms with Gasteiger partial charge in [0.2, 0.25) is 5.95 Å². The predicted octanol–water partition coefficient (Wildman–Crippen LogP) is 2.41. The Balaban J connectivity index is 2.28. The molecule has 2 aromatic rings. The van der Waals surface area contributed by atoms with Crippen molar-refractivity contribution in [2.75, 3.05) is 12.4 Å². The number of nitrogens with zero attached hydrogens (tertiary/aromatic N) is 3. The highest BCUT2D eigenvalue weighted by molar-refractivity contribution is 5.56. The van der Waals surface area contributed by atoms with Crippen molar-refractivity contribution in [3.8, 4) is 11.8 Å². The lowest BCUT2D eigenvalue weighted by molar-refractivity contribution is 0.415. The average molecular weight is 240 g/mol. The summed E-state index contributed by atoms with van der Waals surface area (Å²) >= 11 is 0. The molecule has 5 heteroatoms. The van der Waals surface area contributed by atoms with Crippen LogP contribution in [0.25, 0.3) is 0 Å². The van der Waals surface area contributed by atoms with Gasteiger partial charge < -0.3 is 10.1 Å². The Morgan fingerprint density at radius 3 is 2.83 bits per heavy atom. The average Bonchev–Trinajstić information content (AvgIpc) is 2.38. The fourth-order valence-electron chi connectivity index (χ4n) is 1.51. The Hall–Kier alpha value is -2.61. The first-order valence-electron chi connectivity index (χ1n) is 5.38. The number of hydrogen-bond donors (Lipinski definition) is 1. The maximum absolute atomic E-state index is 8.85. The second kappa shape index (κ2) is 5.15. The van der Waals surface area contributed by atoms with E-state index in [9.17, 15) is 0 Å². The molecule has 90 valence electrons. The van der Waals surface area contributed by atoms with E-state index in [2.05, 4.69) is 15.3 Å². The summed E-state index contributed by atoms with van der Waals surface area (Å²) in [5.41, 5.74) is 1.89. The number of anilines is 2. The van der Waals surface area contributed by atoms with Gasteiger partial charge in [-0.25, -0.2) is 9.97 Å². The number of nitrogens with one attached hydrogen (secondary N) is 1. The molecule has 0 atom stereocenters. The first-order valence-corrected chi connectivity index (χ1v) is 5.38. The molecular weight excluding hydrogens is 228 g/mol. The molecule has 1 heterocycles. The number of hydrogen-bond acceptors (Lipinski definition) is 5. The minimum absolute atomic E-state index is 0.341. The molecule has 0 aliphatic rings. The van der Waals surface area contributed by atoms with Crippen molar-refractivity contribution in [2.45, 2.75) is 6.92 Å². The molecule has 0 radical (unpaired) electrons. The lowest BCUT2D eigenvalue weighted by atomic mass is 10.3. The third-order valence-corrected chi connectivity index (χ3v) is 2.29. The Bertz CT molecular complexity index is 604. The molecule has 0 bridgehead atoms. The molecule has 18 heavy (non-hydrogen) atoms. The third kappa shape index (κ3) is 2.74. The van der Waals surface area contributed by atoms with Crippen LogP contribution in [0.2, 0.25) is 0 Å². The fraction of sp³-hybridized carbons (Fsp3) is 0.154. The van der Waals surface area contributed by atoms with Gasteiger partial charge >= 0.3 is 0 Å². The smallest absolute Gasteiger partial charge is 0.228 e. The summed E-state index contributed by atoms with van der Waals surface area (Å²) in [5, 5.41) is 11.9. The predicted molar refractivity (Wildman–Crippen MR) is 67.8 cm³/mol. The van der Waals surface area contributed by atoms with Gasteiger partial charge in [0.1, 0.15) is 17.5 Å². The summed E-state index contributed by atoms with van der Waals surface area (Å²) in [5.74, 6) is 1.15. The van der Waals surface area contributed by atoms with Crippen LogP contribution in [-0.4, -0.2) is 17.1 Å². The van der Waals surface area contributed by atoms with Crippen LogP contribution < -0.4 is 10.1 Å². The van der Waals surface area contributed by atoms with Gasteiger partial charge in [-0.2, -0.15) is 5.26 Å². The van der Waals surface area contributed by atoms with Crippen LogP contribution in [0.3, 0.4) is 0 Å². The van der Waals surface area contributed by atoms with Crippen molar-refractivity contribution < 1.29 is 4.74 Å². The Morgan fingerprint density at radius 2 is 2.11 bits per heavy atom. The molecule has 0 saturated heterocycles. The van der Waals surface area contributed by atoms with Gasteiger partial charge in [-0.1, -0.05) is 6.07 Å². The van der Waals surface area contributed by atoms with Crippen molar-refractivity contribution in [1.82, 2.24) is 9.97 Å². The van der Waals surface area contributed by atoms with E-state index in [0.717, 1.165) is 17.1 Å². The zero-order valence-corrected chi connectivity index (χ0v) is 10.1. The summed E-state index contributed by atoms with van der Waals surface area (Å²) in [6.07, 6.45) is 0. The quantitative estimate of drug-likeness (QED) is 0.892. The zero-order valence-electron chi connectivity index (χ0n) is 10.1. The van der Waals surface area contributed by atoms with Crippen LogP contribution in [0.5, 0.6) is 5.75 Å². The number of methoxy groups -OCH3 is 1. The molecule has 0 spiro atoms. The van der Waals surface area contributed by atoms with E-state index >= 15 is 0 Å². The lowest BCUT2D eigenvalue weighted by Crippen LogP contribution is -2.00. The number of aryl methyl sites for hydroxylation is 1. The first-order chi connectivity index (χ1) is 8.71. The number of aromatic nitrogens is 2. The number of benzene rings is 1. The standard InChI is InChI=1S/C13H12N4O/c1-9-6-11(8-14)17-13(15-9)16-10-4-3-5-12(7-10)18-2/h3-7H,1-2H3,(H,15,16,17). The maximum Gasteiger partial charge on any atom is 0.228 e. The van der Waals surface area contributed by atoms with Gasteiger partial charge in [0.05, 0.1) is 7.11 Å². The molecule has 1 aromatic carbocycles. The third-order valence-electron chi connectivity index (χ3n) is 2.29. The van der Waals surface area contributed by atoms with Crippen LogP contribution in [-0.2, 0) is 0 Å². The minimum Gasteiger partial charge on any atom is -0.497 e. The van der Waals surface area contributed by atoms with Crippen LogP contribution in [0.4, 0.5) is 11.6 Å². The van der Waals surface area contributed by atoms with Gasteiger partial charge in [0.15, 0.2) is 0 Å². The van der Waals surface area contributed by atoms with E-state index in [1.54, 1.807) is 13.2 Å². The first kappa shape index (κ1) is 11.9. The maximum atomic E-state index is 8.85. The molecule has 0 unspecified atom stereocenters. The van der Waals surface area contributed by atoms with Gasteiger partial charge in [0.25, 0.3) is 0 Å². The lowest BCUT2D eigenvalue weighted by Gasteiger charge is -2.07. The largest absolute Gasteiger partial charge is 0.497 e. The molecule has 0 amide bonds. The SMILES string of the molecule is COc1cccc(Nc2nc(C)cc(C#N)n2)c1. The molecule has 0 aliphatic heterocycles. The van der Waals surface area contributed by atoms with Gasteiger partial charge in [0, 0.05) is 17.4 Å². The topological polar surface area (TPSA) is 70.8 Å². The van der Waals surface area contributed by atoms with Crippen molar-refractivity contribution in [2.24, 2.45) is 0 Å². The number of rotatable bonds is 3. The van der Waals surface area contributed by atoms with E-state index in [1.165, 1.54) is 0 Å². The molecule has 1 N–H and O–H groups in total. The van der Waals surface area contributed by atoms with Crippen LogP contribution in [0.15, 0.2) is 30.3 Å². The fourth-order valence-corrected chi connectivity index (χ4v) is 1.51. The van der Waals surface area contributed by atoms with E-state index in [4.69, 9.17) is 10.00 Å². The Labute approximate surface area is 105 Å². The highest BCUT2D eigenvalue weighted by Gasteiger charge is 2.03. The summed E-state index contributed by atoms with van der Waals surface area (Å²) in [6.45, 7) is 1.82. The number of ether oxygens (including phenoxy) is 1. The highest BCUT2D eigenvalue weighted by atomic mass is 16.5. The summed E-state index contributed by atoms with van der Waals surface area (Å²) in [4.78, 5) is 8.30. The van der Waals surface area contributed by atoms with Gasteiger partial charge in [-0.3, -0.25) is 0 Å². The zero-order chi connectivity index (χ0) is 13.0. The monoisotopic (exact) mass is 240 g/mol. The Kier molecular flexibility index (Phi) is 3.39.